The number of fused-ring (bicyclic) bond motifs is 2. The predicted molar refractivity (Wildman–Crippen MR) is 88.7 cm³/mol. The van der Waals surface area contributed by atoms with Crippen molar-refractivity contribution in [3.05, 3.63) is 29.8 Å². The van der Waals surface area contributed by atoms with E-state index in [2.05, 4.69) is 10.6 Å². The molecular weight excluding hydrogens is 292 g/mol. The highest BCUT2D eigenvalue weighted by Crippen LogP contribution is 2.38. The Morgan fingerprint density at radius 2 is 2.17 bits per heavy atom. The molecule has 0 unspecified atom stereocenters. The van der Waals surface area contributed by atoms with Crippen LogP contribution in [-0.2, 0) is 4.74 Å². The molecule has 2 amide bonds. The minimum absolute atomic E-state index is 0.0762. The van der Waals surface area contributed by atoms with Crippen LogP contribution in [0.1, 0.15) is 31.7 Å². The molecule has 3 rings (SSSR count). The van der Waals surface area contributed by atoms with E-state index in [-0.39, 0.29) is 12.1 Å². The molecule has 0 aliphatic carbocycles. The average molecular weight is 318 g/mol. The summed E-state index contributed by atoms with van der Waals surface area (Å²) in [6, 6.07) is 7.76. The van der Waals surface area contributed by atoms with E-state index >= 15 is 0 Å². The van der Waals surface area contributed by atoms with Crippen LogP contribution < -0.4 is 15.4 Å². The third-order valence-corrected chi connectivity index (χ3v) is 4.73. The molecule has 2 heterocycles. The third-order valence-electron chi connectivity index (χ3n) is 4.73. The topological polar surface area (TPSA) is 59.6 Å². The molecule has 2 N–H and O–H groups in total. The van der Waals surface area contributed by atoms with Crippen molar-refractivity contribution in [2.75, 3.05) is 13.1 Å². The number of hydrogen-bond donors (Lipinski definition) is 2. The van der Waals surface area contributed by atoms with E-state index in [1.165, 1.54) is 6.42 Å². The lowest BCUT2D eigenvalue weighted by atomic mass is 9.89. The third kappa shape index (κ3) is 4.16. The lowest BCUT2D eigenvalue weighted by Gasteiger charge is -2.20. The van der Waals surface area contributed by atoms with Crippen molar-refractivity contribution in [3.8, 4) is 5.75 Å². The number of aryl methyl sites for hydroxylation is 1. The summed E-state index contributed by atoms with van der Waals surface area (Å²) >= 11 is 0. The molecule has 2 aliphatic rings. The fraction of sp³-hybridized carbons (Fsp3) is 0.611. The Kier molecular flexibility index (Phi) is 5.06. The molecule has 5 nitrogen and oxygen atoms in total. The van der Waals surface area contributed by atoms with Crippen LogP contribution in [0, 0.1) is 12.8 Å². The quantitative estimate of drug-likeness (QED) is 0.848. The highest BCUT2D eigenvalue weighted by Gasteiger charge is 2.40. The fourth-order valence-corrected chi connectivity index (χ4v) is 3.43. The van der Waals surface area contributed by atoms with Crippen LogP contribution in [0.4, 0.5) is 4.79 Å². The number of ether oxygens (including phenoxy) is 2. The van der Waals surface area contributed by atoms with E-state index < -0.39 is 0 Å². The van der Waals surface area contributed by atoms with Crippen LogP contribution in [-0.4, -0.2) is 37.4 Å². The highest BCUT2D eigenvalue weighted by molar-refractivity contribution is 5.73. The van der Waals surface area contributed by atoms with E-state index in [1.54, 1.807) is 0 Å². The van der Waals surface area contributed by atoms with Gasteiger partial charge in [0, 0.05) is 12.5 Å². The minimum atomic E-state index is -0.131. The van der Waals surface area contributed by atoms with Gasteiger partial charge in [-0.15, -0.1) is 0 Å². The fourth-order valence-electron chi connectivity index (χ4n) is 3.43. The number of hydrogen-bond acceptors (Lipinski definition) is 3. The molecule has 126 valence electrons. The Balaban J connectivity index is 1.35. The molecule has 2 saturated heterocycles. The van der Waals surface area contributed by atoms with Gasteiger partial charge in [0.05, 0.1) is 18.8 Å². The molecule has 1 aromatic carbocycles. The Bertz CT molecular complexity index is 549. The summed E-state index contributed by atoms with van der Waals surface area (Å²) < 4.78 is 11.7. The number of benzene rings is 1. The van der Waals surface area contributed by atoms with E-state index in [1.807, 2.05) is 38.1 Å². The predicted octanol–water partition coefficient (Wildman–Crippen LogP) is 2.63. The van der Waals surface area contributed by atoms with Crippen molar-refractivity contribution in [2.45, 2.75) is 51.4 Å². The second-order valence-corrected chi connectivity index (χ2v) is 6.65. The van der Waals surface area contributed by atoms with E-state index in [4.69, 9.17) is 9.47 Å². The monoisotopic (exact) mass is 318 g/mol. The largest absolute Gasteiger partial charge is 0.489 e. The first-order valence-corrected chi connectivity index (χ1v) is 8.51. The van der Waals surface area contributed by atoms with Gasteiger partial charge in [-0.05, 0) is 44.7 Å². The molecule has 0 radical (unpaired) electrons. The Labute approximate surface area is 137 Å². The molecule has 0 aromatic heterocycles. The molecule has 2 aliphatic heterocycles. The maximum Gasteiger partial charge on any atom is 0.314 e. The summed E-state index contributed by atoms with van der Waals surface area (Å²) in [5.41, 5.74) is 1.10. The first-order valence-electron chi connectivity index (χ1n) is 8.51. The number of rotatable bonds is 6. The normalized spacial score (nSPS) is 26.8. The van der Waals surface area contributed by atoms with E-state index in [9.17, 15) is 4.79 Å². The molecule has 0 spiro atoms. The summed E-state index contributed by atoms with van der Waals surface area (Å²) in [6.45, 7) is 5.14. The van der Waals surface area contributed by atoms with Crippen molar-refractivity contribution >= 4 is 6.03 Å². The van der Waals surface area contributed by atoms with E-state index in [0.717, 1.165) is 24.2 Å². The first-order chi connectivity index (χ1) is 11.1. The highest BCUT2D eigenvalue weighted by atomic mass is 16.5. The van der Waals surface area contributed by atoms with E-state index in [0.29, 0.717) is 31.2 Å². The Morgan fingerprint density at radius 3 is 2.87 bits per heavy atom. The summed E-state index contributed by atoms with van der Waals surface area (Å²) in [7, 11) is 0. The van der Waals surface area contributed by atoms with Crippen LogP contribution in [0.15, 0.2) is 24.3 Å². The Morgan fingerprint density at radius 1 is 1.35 bits per heavy atom. The second-order valence-electron chi connectivity index (χ2n) is 6.65. The summed E-state index contributed by atoms with van der Waals surface area (Å²) in [6.07, 6.45) is 4.10. The summed E-state index contributed by atoms with van der Waals surface area (Å²) in [5.74, 6) is 1.33. The van der Waals surface area contributed by atoms with Crippen molar-refractivity contribution in [2.24, 2.45) is 5.92 Å². The van der Waals surface area contributed by atoms with Crippen LogP contribution in [0.5, 0.6) is 5.75 Å². The summed E-state index contributed by atoms with van der Waals surface area (Å²) in [5, 5.41) is 5.83. The number of carbonyl (C=O) groups excluding carboxylic acids is 1. The average Bonchev–Trinajstić information content (AvgIpc) is 3.16. The zero-order chi connectivity index (χ0) is 16.2. The summed E-state index contributed by atoms with van der Waals surface area (Å²) in [4.78, 5) is 11.9. The van der Waals surface area contributed by atoms with Gasteiger partial charge in [0.1, 0.15) is 11.9 Å². The number of amides is 2. The number of carbonyl (C=O) groups is 1. The number of urea groups is 1. The lowest BCUT2D eigenvalue weighted by Crippen LogP contribution is -2.43. The van der Waals surface area contributed by atoms with Crippen molar-refractivity contribution < 1.29 is 14.3 Å². The molecular formula is C18H26N2O3. The van der Waals surface area contributed by atoms with Gasteiger partial charge in [-0.2, -0.15) is 0 Å². The van der Waals surface area contributed by atoms with Crippen LogP contribution in [0.3, 0.4) is 0 Å². The maximum atomic E-state index is 11.9. The van der Waals surface area contributed by atoms with Crippen LogP contribution in [0.25, 0.3) is 0 Å². The number of nitrogens with one attached hydrogen (secondary N) is 2. The van der Waals surface area contributed by atoms with Crippen LogP contribution in [0.2, 0.25) is 0 Å². The van der Waals surface area contributed by atoms with Gasteiger partial charge >= 0.3 is 6.03 Å². The van der Waals surface area contributed by atoms with Crippen molar-refractivity contribution in [1.29, 1.82) is 0 Å². The zero-order valence-corrected chi connectivity index (χ0v) is 13.9. The molecule has 23 heavy (non-hydrogen) atoms. The maximum absolute atomic E-state index is 11.9. The number of para-hydroxylation sites is 1. The van der Waals surface area contributed by atoms with Crippen molar-refractivity contribution in [1.82, 2.24) is 10.6 Å². The first kappa shape index (κ1) is 16.1. The smallest absolute Gasteiger partial charge is 0.314 e. The van der Waals surface area contributed by atoms with Gasteiger partial charge in [-0.1, -0.05) is 18.2 Å². The minimum Gasteiger partial charge on any atom is -0.489 e. The molecule has 2 fully saturated rings. The Hall–Kier alpha value is -1.75. The van der Waals surface area contributed by atoms with Crippen molar-refractivity contribution in [3.63, 3.8) is 0 Å². The van der Waals surface area contributed by atoms with Gasteiger partial charge in [-0.3, -0.25) is 0 Å². The molecule has 1 aromatic rings. The van der Waals surface area contributed by atoms with Gasteiger partial charge < -0.3 is 20.1 Å². The second kappa shape index (κ2) is 7.21. The molecule has 2 bridgehead atoms. The molecule has 5 heteroatoms. The van der Waals surface area contributed by atoms with Crippen LogP contribution >= 0.6 is 0 Å². The zero-order valence-electron chi connectivity index (χ0n) is 13.9. The SMILES string of the molecule is Cc1ccccc1O[C@@H](C)CNC(=O)NC[C@H]1C[C@H]2CC[C@H]1O2. The van der Waals surface area contributed by atoms with Gasteiger partial charge in [0.25, 0.3) is 0 Å². The molecule has 4 atom stereocenters. The van der Waals surface area contributed by atoms with Gasteiger partial charge in [-0.25, -0.2) is 4.79 Å². The van der Waals surface area contributed by atoms with Gasteiger partial charge in [0.2, 0.25) is 0 Å². The lowest BCUT2D eigenvalue weighted by molar-refractivity contribution is 0.0927. The van der Waals surface area contributed by atoms with Gasteiger partial charge in [0.15, 0.2) is 0 Å². The standard InChI is InChI=1S/C18H26N2O3/c1-12-5-3-4-6-16(12)22-13(2)10-19-18(21)20-11-14-9-15-7-8-17(14)23-15/h3-6,13-15,17H,7-11H2,1-2H3,(H2,19,20,21)/t13-,14+,15+,17+/m0/s1. The molecule has 0 saturated carbocycles.